The van der Waals surface area contributed by atoms with Crippen molar-refractivity contribution in [1.29, 1.82) is 0 Å². The number of carbonyl (C=O) groups is 1. The maximum atomic E-state index is 11.8. The van der Waals surface area contributed by atoms with Gasteiger partial charge in [-0.2, -0.15) is 0 Å². The molecule has 0 bridgehead atoms. The highest BCUT2D eigenvalue weighted by molar-refractivity contribution is 6.32. The van der Waals surface area contributed by atoms with Crippen molar-refractivity contribution in [2.45, 2.75) is 32.4 Å². The van der Waals surface area contributed by atoms with E-state index in [1.54, 1.807) is 19.1 Å². The average Bonchev–Trinajstić information content (AvgIpc) is 2.39. The zero-order valence-corrected chi connectivity index (χ0v) is 12.6. The van der Waals surface area contributed by atoms with Crippen LogP contribution in [0.1, 0.15) is 19.4 Å². The molecule has 5 heteroatoms. The molecule has 0 saturated carbocycles. The standard InChI is InChI=1S/C15H21ClN2O2/c1-4-8-18-15(19)11(3)20-14-12(9-10(2)17)6-5-7-13(14)16/h4-7,10-11H,1,8-9,17H2,2-3H3,(H,18,19). The van der Waals surface area contributed by atoms with Crippen LogP contribution in [0.15, 0.2) is 30.9 Å². The molecule has 0 aliphatic carbocycles. The third-order valence-corrected chi connectivity index (χ3v) is 2.97. The number of rotatable bonds is 7. The summed E-state index contributed by atoms with van der Waals surface area (Å²) in [6.07, 6.45) is 1.61. The summed E-state index contributed by atoms with van der Waals surface area (Å²) in [5.41, 5.74) is 6.71. The molecule has 110 valence electrons. The fraction of sp³-hybridized carbons (Fsp3) is 0.400. The van der Waals surface area contributed by atoms with Crippen molar-refractivity contribution >= 4 is 17.5 Å². The average molecular weight is 297 g/mol. The summed E-state index contributed by atoms with van der Waals surface area (Å²) in [6, 6.07) is 5.46. The van der Waals surface area contributed by atoms with Gasteiger partial charge in [0.25, 0.3) is 5.91 Å². The molecule has 20 heavy (non-hydrogen) atoms. The van der Waals surface area contributed by atoms with Gasteiger partial charge in [-0.05, 0) is 31.9 Å². The van der Waals surface area contributed by atoms with Crippen molar-refractivity contribution in [3.63, 3.8) is 0 Å². The lowest BCUT2D eigenvalue weighted by molar-refractivity contribution is -0.127. The highest BCUT2D eigenvalue weighted by Crippen LogP contribution is 2.30. The van der Waals surface area contributed by atoms with Gasteiger partial charge in [-0.15, -0.1) is 6.58 Å². The number of benzene rings is 1. The first-order valence-corrected chi connectivity index (χ1v) is 6.91. The van der Waals surface area contributed by atoms with Crippen LogP contribution in [-0.2, 0) is 11.2 Å². The van der Waals surface area contributed by atoms with Crippen LogP contribution in [0, 0.1) is 0 Å². The molecular formula is C15H21ClN2O2. The van der Waals surface area contributed by atoms with Crippen LogP contribution in [0.4, 0.5) is 0 Å². The van der Waals surface area contributed by atoms with E-state index in [2.05, 4.69) is 11.9 Å². The van der Waals surface area contributed by atoms with E-state index in [4.69, 9.17) is 22.1 Å². The van der Waals surface area contributed by atoms with Gasteiger partial charge in [-0.3, -0.25) is 4.79 Å². The SMILES string of the molecule is C=CCNC(=O)C(C)Oc1c(Cl)cccc1CC(C)N. The van der Waals surface area contributed by atoms with Gasteiger partial charge in [0.15, 0.2) is 6.10 Å². The molecule has 3 N–H and O–H groups in total. The number of para-hydroxylation sites is 1. The molecule has 0 saturated heterocycles. The smallest absolute Gasteiger partial charge is 0.261 e. The van der Waals surface area contributed by atoms with Crippen molar-refractivity contribution in [3.8, 4) is 5.75 Å². The van der Waals surface area contributed by atoms with Gasteiger partial charge in [0.1, 0.15) is 5.75 Å². The molecule has 1 aromatic carbocycles. The van der Waals surface area contributed by atoms with Gasteiger partial charge in [0.05, 0.1) is 5.02 Å². The summed E-state index contributed by atoms with van der Waals surface area (Å²) in [5.74, 6) is 0.310. The van der Waals surface area contributed by atoms with E-state index in [9.17, 15) is 4.79 Å². The largest absolute Gasteiger partial charge is 0.479 e. The van der Waals surface area contributed by atoms with E-state index in [0.717, 1.165) is 5.56 Å². The summed E-state index contributed by atoms with van der Waals surface area (Å²) in [7, 11) is 0. The van der Waals surface area contributed by atoms with Crippen molar-refractivity contribution < 1.29 is 9.53 Å². The second-order valence-electron chi connectivity index (χ2n) is 4.70. The summed E-state index contributed by atoms with van der Waals surface area (Å²) in [4.78, 5) is 11.8. The minimum Gasteiger partial charge on any atom is -0.479 e. The number of carbonyl (C=O) groups excluding carboxylic acids is 1. The molecule has 0 aliphatic rings. The lowest BCUT2D eigenvalue weighted by atomic mass is 10.1. The first-order chi connectivity index (χ1) is 9.45. The first kappa shape index (κ1) is 16.5. The maximum Gasteiger partial charge on any atom is 0.261 e. The van der Waals surface area contributed by atoms with Gasteiger partial charge >= 0.3 is 0 Å². The molecule has 4 nitrogen and oxygen atoms in total. The van der Waals surface area contributed by atoms with Crippen LogP contribution in [-0.4, -0.2) is 24.6 Å². The van der Waals surface area contributed by atoms with E-state index >= 15 is 0 Å². The normalized spacial score (nSPS) is 13.4. The molecule has 0 aromatic heterocycles. The molecule has 0 fully saturated rings. The van der Waals surface area contributed by atoms with Crippen molar-refractivity contribution in [3.05, 3.63) is 41.4 Å². The van der Waals surface area contributed by atoms with Crippen molar-refractivity contribution in [2.24, 2.45) is 5.73 Å². The van der Waals surface area contributed by atoms with Crippen LogP contribution in [0.5, 0.6) is 5.75 Å². The Kier molecular flexibility index (Phi) is 6.55. The Morgan fingerprint density at radius 1 is 1.55 bits per heavy atom. The maximum absolute atomic E-state index is 11.8. The molecule has 1 rings (SSSR count). The summed E-state index contributed by atoms with van der Waals surface area (Å²) in [5, 5.41) is 3.16. The topological polar surface area (TPSA) is 64.3 Å². The number of amides is 1. The fourth-order valence-corrected chi connectivity index (χ4v) is 1.98. The predicted octanol–water partition coefficient (Wildman–Crippen LogP) is 2.30. The number of hydrogen-bond donors (Lipinski definition) is 2. The zero-order valence-electron chi connectivity index (χ0n) is 11.9. The first-order valence-electron chi connectivity index (χ1n) is 6.54. The molecule has 2 unspecified atom stereocenters. The van der Waals surface area contributed by atoms with Crippen LogP contribution in [0.2, 0.25) is 5.02 Å². The Morgan fingerprint density at radius 2 is 2.25 bits per heavy atom. The number of ether oxygens (including phenoxy) is 1. The van der Waals surface area contributed by atoms with Gasteiger partial charge in [-0.25, -0.2) is 0 Å². The van der Waals surface area contributed by atoms with E-state index < -0.39 is 6.10 Å². The van der Waals surface area contributed by atoms with Crippen LogP contribution in [0.3, 0.4) is 0 Å². The highest BCUT2D eigenvalue weighted by atomic mass is 35.5. The van der Waals surface area contributed by atoms with Gasteiger partial charge in [0.2, 0.25) is 0 Å². The molecule has 0 heterocycles. The molecule has 0 spiro atoms. The molecule has 1 amide bonds. The number of nitrogens with one attached hydrogen (secondary N) is 1. The predicted molar refractivity (Wildman–Crippen MR) is 82.1 cm³/mol. The Balaban J connectivity index is 2.84. The quantitative estimate of drug-likeness (QED) is 0.759. The van der Waals surface area contributed by atoms with Gasteiger partial charge < -0.3 is 15.8 Å². The number of hydrogen-bond acceptors (Lipinski definition) is 3. The van der Waals surface area contributed by atoms with Crippen molar-refractivity contribution in [1.82, 2.24) is 5.32 Å². The van der Waals surface area contributed by atoms with Gasteiger partial charge in [-0.1, -0.05) is 29.8 Å². The number of halogens is 1. The van der Waals surface area contributed by atoms with Gasteiger partial charge in [0, 0.05) is 12.6 Å². The third-order valence-electron chi connectivity index (χ3n) is 2.67. The van der Waals surface area contributed by atoms with Crippen LogP contribution in [0.25, 0.3) is 0 Å². The lowest BCUT2D eigenvalue weighted by Crippen LogP contribution is -2.36. The Bertz CT molecular complexity index is 475. The Labute approximate surface area is 124 Å². The highest BCUT2D eigenvalue weighted by Gasteiger charge is 2.18. The second-order valence-corrected chi connectivity index (χ2v) is 5.11. The minimum absolute atomic E-state index is 0.0132. The van der Waals surface area contributed by atoms with Crippen molar-refractivity contribution in [2.75, 3.05) is 6.54 Å². The third kappa shape index (κ3) is 4.87. The summed E-state index contributed by atoms with van der Waals surface area (Å²) in [6.45, 7) is 7.54. The van der Waals surface area contributed by atoms with E-state index in [-0.39, 0.29) is 11.9 Å². The molecule has 0 radical (unpaired) electrons. The fourth-order valence-electron chi connectivity index (χ4n) is 1.74. The Morgan fingerprint density at radius 3 is 2.85 bits per heavy atom. The Hall–Kier alpha value is -1.52. The van der Waals surface area contributed by atoms with E-state index in [1.165, 1.54) is 0 Å². The number of nitrogens with two attached hydrogens (primary N) is 1. The summed E-state index contributed by atoms with van der Waals surface area (Å²) >= 11 is 6.15. The van der Waals surface area contributed by atoms with Crippen LogP contribution >= 0.6 is 11.6 Å². The zero-order chi connectivity index (χ0) is 15.1. The lowest BCUT2D eigenvalue weighted by Gasteiger charge is -2.19. The minimum atomic E-state index is -0.637. The summed E-state index contributed by atoms with van der Waals surface area (Å²) < 4.78 is 5.70. The monoisotopic (exact) mass is 296 g/mol. The molecule has 1 aromatic rings. The van der Waals surface area contributed by atoms with E-state index in [1.807, 2.05) is 19.1 Å². The molecule has 0 aliphatic heterocycles. The molecular weight excluding hydrogens is 276 g/mol. The second kappa shape index (κ2) is 7.92. The molecule has 2 atom stereocenters. The van der Waals surface area contributed by atoms with E-state index in [0.29, 0.717) is 23.7 Å². The van der Waals surface area contributed by atoms with Crippen LogP contribution < -0.4 is 15.8 Å².